The summed E-state index contributed by atoms with van der Waals surface area (Å²) in [6.45, 7) is 9.36. The Morgan fingerprint density at radius 1 is 1.20 bits per heavy atom. The van der Waals surface area contributed by atoms with E-state index in [1.165, 1.54) is 17.5 Å². The van der Waals surface area contributed by atoms with E-state index in [2.05, 4.69) is 32.0 Å². The van der Waals surface area contributed by atoms with Gasteiger partial charge in [-0.05, 0) is 36.0 Å². The minimum atomic E-state index is 0.608. The average molecular weight is 206 g/mol. The van der Waals surface area contributed by atoms with Crippen molar-refractivity contribution >= 4 is 0 Å². The van der Waals surface area contributed by atoms with Gasteiger partial charge in [-0.25, -0.2) is 0 Å². The smallest absolute Gasteiger partial charge is 0.122 e. The van der Waals surface area contributed by atoms with Gasteiger partial charge in [0.25, 0.3) is 0 Å². The fraction of sp³-hybridized carbons (Fsp3) is 0.571. The molecule has 1 nitrogen and oxygen atoms in total. The minimum absolute atomic E-state index is 0.608. The topological polar surface area (TPSA) is 9.23 Å². The van der Waals surface area contributed by atoms with Gasteiger partial charge in [0.05, 0.1) is 6.61 Å². The lowest BCUT2D eigenvalue weighted by Gasteiger charge is -2.21. The molecule has 0 aromatic heterocycles. The summed E-state index contributed by atoms with van der Waals surface area (Å²) in [6.07, 6.45) is 2.35. The maximum absolute atomic E-state index is 5.61. The van der Waals surface area contributed by atoms with Gasteiger partial charge < -0.3 is 4.74 Å². The van der Waals surface area contributed by atoms with E-state index in [9.17, 15) is 0 Å². The van der Waals surface area contributed by atoms with E-state index in [0.29, 0.717) is 5.92 Å². The maximum atomic E-state index is 5.61. The van der Waals surface area contributed by atoms with Crippen LogP contribution in [0.1, 0.15) is 51.2 Å². The van der Waals surface area contributed by atoms with Crippen LogP contribution >= 0.6 is 0 Å². The van der Waals surface area contributed by atoms with E-state index < -0.39 is 0 Å². The van der Waals surface area contributed by atoms with Gasteiger partial charge >= 0.3 is 0 Å². The predicted molar refractivity (Wildman–Crippen MR) is 65.7 cm³/mol. The Bertz CT molecular complexity index is 302. The van der Waals surface area contributed by atoms with Gasteiger partial charge in [0.15, 0.2) is 0 Å². The molecule has 1 aliphatic heterocycles. The Morgan fingerprint density at radius 3 is 2.60 bits per heavy atom. The van der Waals surface area contributed by atoms with Crippen LogP contribution in [0.4, 0.5) is 0 Å². The minimum Gasteiger partial charge on any atom is -0.493 e. The highest BCUT2D eigenvalue weighted by Gasteiger charge is 2.15. The quantitative estimate of drug-likeness (QED) is 0.670. The molecule has 1 aromatic carbocycles. The zero-order valence-electron chi connectivity index (χ0n) is 10.3. The molecule has 0 amide bonds. The van der Waals surface area contributed by atoms with Crippen LogP contribution in [-0.2, 0) is 6.42 Å². The number of hydrogen-bond donors (Lipinski definition) is 0. The molecule has 0 aliphatic carbocycles. The van der Waals surface area contributed by atoms with Gasteiger partial charge in [-0.3, -0.25) is 0 Å². The van der Waals surface area contributed by atoms with E-state index >= 15 is 0 Å². The summed E-state index contributed by atoms with van der Waals surface area (Å²) >= 11 is 0. The maximum Gasteiger partial charge on any atom is 0.122 e. The van der Waals surface area contributed by atoms with Gasteiger partial charge in [0, 0.05) is 0 Å². The van der Waals surface area contributed by atoms with Crippen molar-refractivity contribution in [1.82, 2.24) is 0 Å². The summed E-state index contributed by atoms with van der Waals surface area (Å²) in [5.74, 6) is 1.72. The first kappa shape index (κ1) is 12.1. The predicted octanol–water partition coefficient (Wildman–Crippen LogP) is 4.16. The highest BCUT2D eigenvalue weighted by molar-refractivity contribution is 5.42. The number of ether oxygens (including phenoxy) is 1. The first-order valence-corrected chi connectivity index (χ1v) is 6.03. The third kappa shape index (κ3) is 2.74. The van der Waals surface area contributed by atoms with Crippen LogP contribution in [0.3, 0.4) is 0 Å². The molecule has 1 heterocycles. The molecule has 0 radical (unpaired) electrons. The highest BCUT2D eigenvalue weighted by Crippen LogP contribution is 2.31. The molecule has 0 fully saturated rings. The number of hydrogen-bond acceptors (Lipinski definition) is 1. The Morgan fingerprint density at radius 2 is 1.93 bits per heavy atom. The largest absolute Gasteiger partial charge is 0.493 e. The zero-order valence-corrected chi connectivity index (χ0v) is 10.3. The van der Waals surface area contributed by atoms with Crippen molar-refractivity contribution in [2.24, 2.45) is 0 Å². The first-order chi connectivity index (χ1) is 7.29. The van der Waals surface area contributed by atoms with E-state index in [-0.39, 0.29) is 0 Å². The molecule has 84 valence electrons. The van der Waals surface area contributed by atoms with E-state index in [4.69, 9.17) is 4.74 Å². The van der Waals surface area contributed by atoms with E-state index in [1.807, 2.05) is 13.8 Å². The van der Waals surface area contributed by atoms with Crippen LogP contribution in [-0.4, -0.2) is 6.61 Å². The second-order valence-corrected chi connectivity index (χ2v) is 3.93. The lowest BCUT2D eigenvalue weighted by molar-refractivity contribution is 0.287. The normalized spacial score (nSPS) is 13.7. The van der Waals surface area contributed by atoms with Gasteiger partial charge in [-0.1, -0.05) is 39.8 Å². The number of rotatable bonds is 1. The van der Waals surface area contributed by atoms with Crippen molar-refractivity contribution in [2.75, 3.05) is 6.61 Å². The van der Waals surface area contributed by atoms with Crippen molar-refractivity contribution in [1.29, 1.82) is 0 Å². The summed E-state index contributed by atoms with van der Waals surface area (Å²) in [7, 11) is 0. The summed E-state index contributed by atoms with van der Waals surface area (Å²) in [5, 5.41) is 0. The lowest BCUT2D eigenvalue weighted by Crippen LogP contribution is -2.10. The summed E-state index contributed by atoms with van der Waals surface area (Å²) in [4.78, 5) is 0. The Labute approximate surface area is 93.5 Å². The number of benzene rings is 1. The molecule has 0 N–H and O–H groups in total. The van der Waals surface area contributed by atoms with E-state index in [0.717, 1.165) is 18.8 Å². The third-order valence-corrected chi connectivity index (χ3v) is 2.62. The summed E-state index contributed by atoms with van der Waals surface area (Å²) < 4.78 is 5.61. The standard InChI is InChI=1S/C12H16O.C2H6/c1-9(2)10-5-3-7-12-11(10)6-4-8-13-12;1-2/h3,5,7,9H,4,6,8H2,1-2H3;1-2H3. The van der Waals surface area contributed by atoms with Crippen molar-refractivity contribution < 1.29 is 4.74 Å². The van der Waals surface area contributed by atoms with Crippen LogP contribution in [0.5, 0.6) is 5.75 Å². The van der Waals surface area contributed by atoms with Crippen LogP contribution in [0.25, 0.3) is 0 Å². The van der Waals surface area contributed by atoms with Gasteiger partial charge in [0.1, 0.15) is 5.75 Å². The van der Waals surface area contributed by atoms with Crippen molar-refractivity contribution in [3.8, 4) is 5.75 Å². The second kappa shape index (κ2) is 5.79. The van der Waals surface area contributed by atoms with Crippen molar-refractivity contribution in [3.63, 3.8) is 0 Å². The van der Waals surface area contributed by atoms with Crippen molar-refractivity contribution in [2.45, 2.75) is 46.5 Å². The summed E-state index contributed by atoms with van der Waals surface area (Å²) in [5.41, 5.74) is 2.89. The van der Waals surface area contributed by atoms with Crippen molar-refractivity contribution in [3.05, 3.63) is 29.3 Å². The highest BCUT2D eigenvalue weighted by atomic mass is 16.5. The summed E-state index contributed by atoms with van der Waals surface area (Å²) in [6, 6.07) is 6.40. The van der Waals surface area contributed by atoms with Crippen LogP contribution in [0, 0.1) is 0 Å². The second-order valence-electron chi connectivity index (χ2n) is 3.93. The van der Waals surface area contributed by atoms with E-state index in [1.54, 1.807) is 0 Å². The van der Waals surface area contributed by atoms with Crippen LogP contribution < -0.4 is 4.74 Å². The van der Waals surface area contributed by atoms with Crippen LogP contribution in [0.15, 0.2) is 18.2 Å². The fourth-order valence-electron chi connectivity index (χ4n) is 1.96. The molecular weight excluding hydrogens is 184 g/mol. The average Bonchev–Trinajstić information content (AvgIpc) is 2.31. The van der Waals surface area contributed by atoms with Gasteiger partial charge in [0.2, 0.25) is 0 Å². The molecule has 2 rings (SSSR count). The molecule has 15 heavy (non-hydrogen) atoms. The Hall–Kier alpha value is -0.980. The monoisotopic (exact) mass is 206 g/mol. The third-order valence-electron chi connectivity index (χ3n) is 2.62. The molecular formula is C14H22O. The molecule has 1 aliphatic rings. The zero-order chi connectivity index (χ0) is 11.3. The molecule has 0 spiro atoms. The lowest BCUT2D eigenvalue weighted by atomic mass is 9.93. The molecule has 0 saturated heterocycles. The fourth-order valence-corrected chi connectivity index (χ4v) is 1.96. The van der Waals surface area contributed by atoms with Gasteiger partial charge in [-0.2, -0.15) is 0 Å². The Balaban J connectivity index is 0.000000531. The molecule has 0 atom stereocenters. The Kier molecular flexibility index (Phi) is 4.67. The molecule has 0 bridgehead atoms. The number of fused-ring (bicyclic) bond motifs is 1. The molecule has 0 saturated carbocycles. The van der Waals surface area contributed by atoms with Crippen LogP contribution in [0.2, 0.25) is 0 Å². The first-order valence-electron chi connectivity index (χ1n) is 6.03. The molecule has 1 aromatic rings. The SMILES string of the molecule is CC.CC(C)c1cccc2c1CCCO2. The molecule has 1 heteroatoms. The molecule has 0 unspecified atom stereocenters. The van der Waals surface area contributed by atoms with Gasteiger partial charge in [-0.15, -0.1) is 0 Å².